The zero-order chi connectivity index (χ0) is 26.4. The maximum absolute atomic E-state index is 13.5. The van der Waals surface area contributed by atoms with Crippen molar-refractivity contribution in [3.8, 4) is 11.5 Å². The summed E-state index contributed by atoms with van der Waals surface area (Å²) in [5, 5.41) is 4.74. The minimum atomic E-state index is -0.726. The number of thiophene rings is 1. The molecule has 1 aliphatic rings. The number of ether oxygens (including phenoxy) is 1. The van der Waals surface area contributed by atoms with Crippen LogP contribution in [0.15, 0.2) is 65.0 Å². The van der Waals surface area contributed by atoms with Gasteiger partial charge < -0.3 is 20.7 Å². The van der Waals surface area contributed by atoms with Crippen molar-refractivity contribution in [2.75, 3.05) is 20.3 Å². The van der Waals surface area contributed by atoms with E-state index < -0.39 is 12.7 Å². The van der Waals surface area contributed by atoms with Gasteiger partial charge in [-0.25, -0.2) is 4.39 Å². The van der Waals surface area contributed by atoms with E-state index in [4.69, 9.17) is 10.5 Å². The first kappa shape index (κ1) is 26.3. The van der Waals surface area contributed by atoms with E-state index in [1.807, 2.05) is 11.4 Å². The largest absolute Gasteiger partial charge is 0.457 e. The van der Waals surface area contributed by atoms with Crippen LogP contribution in [0.1, 0.15) is 22.4 Å². The van der Waals surface area contributed by atoms with Crippen molar-refractivity contribution in [1.29, 1.82) is 0 Å². The summed E-state index contributed by atoms with van der Waals surface area (Å²) in [6.07, 6.45) is 0.354. The number of nitrogens with zero attached hydrogens (tertiary/aromatic N) is 2. The number of likely N-dealkylation sites (tertiary alicyclic amines) is 1. The molecule has 2 atom stereocenters. The van der Waals surface area contributed by atoms with Gasteiger partial charge in [0.25, 0.3) is 0 Å². The molecule has 3 aromatic rings. The molecule has 2 amide bonds. The molecule has 1 aromatic heterocycles. The highest BCUT2D eigenvalue weighted by molar-refractivity contribution is 7.10. The standard InChI is InChI=1S/C27H28F2N4O3S/c1-31-26(30)19-12-23(37-16-19)14-32-27(35)24-10-18(13-28)15-33(24)25(34)11-17-2-6-21(7-3-17)36-22-8-4-20(29)5-9-22/h2-9,12,16,18,24H,10-11,13-15H2,1H3,(H2,30,31)(H,32,35). The first-order valence-electron chi connectivity index (χ1n) is 11.8. The predicted octanol–water partition coefficient (Wildman–Crippen LogP) is 4.06. The monoisotopic (exact) mass is 526 g/mol. The van der Waals surface area contributed by atoms with Gasteiger partial charge >= 0.3 is 0 Å². The second-order valence-electron chi connectivity index (χ2n) is 8.82. The Morgan fingerprint density at radius 2 is 1.84 bits per heavy atom. The van der Waals surface area contributed by atoms with E-state index in [1.54, 1.807) is 31.3 Å². The van der Waals surface area contributed by atoms with Crippen molar-refractivity contribution < 1.29 is 23.1 Å². The molecule has 2 heterocycles. The van der Waals surface area contributed by atoms with E-state index in [0.29, 0.717) is 17.3 Å². The van der Waals surface area contributed by atoms with E-state index in [2.05, 4.69) is 10.3 Å². The average Bonchev–Trinajstić information content (AvgIpc) is 3.57. The minimum Gasteiger partial charge on any atom is -0.457 e. The summed E-state index contributed by atoms with van der Waals surface area (Å²) in [5.41, 5.74) is 7.36. The number of halogens is 2. The summed E-state index contributed by atoms with van der Waals surface area (Å²) < 4.78 is 32.2. The fourth-order valence-electron chi connectivity index (χ4n) is 4.18. The third kappa shape index (κ3) is 6.71. The number of nitrogens with one attached hydrogen (secondary N) is 1. The fraction of sp³-hybridized carbons (Fsp3) is 0.296. The molecule has 2 aromatic carbocycles. The Morgan fingerprint density at radius 3 is 2.49 bits per heavy atom. The van der Waals surface area contributed by atoms with Gasteiger partial charge in [-0.2, -0.15) is 0 Å². The van der Waals surface area contributed by atoms with Crippen LogP contribution in [0.5, 0.6) is 11.5 Å². The van der Waals surface area contributed by atoms with Crippen molar-refractivity contribution in [3.05, 3.63) is 81.8 Å². The van der Waals surface area contributed by atoms with Crippen molar-refractivity contribution in [3.63, 3.8) is 0 Å². The zero-order valence-corrected chi connectivity index (χ0v) is 21.1. The van der Waals surface area contributed by atoms with Crippen molar-refractivity contribution in [1.82, 2.24) is 10.2 Å². The van der Waals surface area contributed by atoms with E-state index in [1.165, 1.54) is 40.5 Å². The smallest absolute Gasteiger partial charge is 0.243 e. The number of alkyl halides is 1. The highest BCUT2D eigenvalue weighted by atomic mass is 32.1. The number of rotatable bonds is 9. The maximum Gasteiger partial charge on any atom is 0.243 e. The summed E-state index contributed by atoms with van der Waals surface area (Å²) >= 11 is 1.45. The SMILES string of the molecule is CN=C(N)c1csc(CNC(=O)C2CC(CF)CN2C(=O)Cc2ccc(Oc3ccc(F)cc3)cc2)c1. The Morgan fingerprint density at radius 1 is 1.16 bits per heavy atom. The number of hydrogen-bond acceptors (Lipinski definition) is 5. The summed E-state index contributed by atoms with van der Waals surface area (Å²) in [4.78, 5) is 32.4. The second kappa shape index (κ2) is 12.0. The van der Waals surface area contributed by atoms with Crippen LogP contribution in [0.2, 0.25) is 0 Å². The lowest BCUT2D eigenvalue weighted by Gasteiger charge is -2.24. The summed E-state index contributed by atoms with van der Waals surface area (Å²) in [7, 11) is 1.61. The molecule has 37 heavy (non-hydrogen) atoms. The molecule has 4 rings (SSSR count). The number of nitrogens with two attached hydrogens (primary N) is 1. The van der Waals surface area contributed by atoms with Gasteiger partial charge in [-0.1, -0.05) is 12.1 Å². The van der Waals surface area contributed by atoms with E-state index >= 15 is 0 Å². The minimum absolute atomic E-state index is 0.0729. The van der Waals surface area contributed by atoms with Crippen LogP contribution in [-0.2, 0) is 22.6 Å². The second-order valence-corrected chi connectivity index (χ2v) is 9.82. The van der Waals surface area contributed by atoms with Gasteiger partial charge in [-0.3, -0.25) is 19.0 Å². The number of aliphatic imine (C=N–C) groups is 1. The molecule has 1 fully saturated rings. The van der Waals surface area contributed by atoms with Crippen LogP contribution in [0, 0.1) is 11.7 Å². The summed E-state index contributed by atoms with van der Waals surface area (Å²) in [6.45, 7) is -0.104. The number of benzene rings is 2. The third-order valence-corrected chi connectivity index (χ3v) is 7.12. The first-order valence-corrected chi connectivity index (χ1v) is 12.7. The van der Waals surface area contributed by atoms with Gasteiger partial charge in [0.05, 0.1) is 19.6 Å². The average molecular weight is 527 g/mol. The van der Waals surface area contributed by atoms with Crippen LogP contribution in [-0.4, -0.2) is 48.9 Å². The lowest BCUT2D eigenvalue weighted by Crippen LogP contribution is -2.46. The Bertz CT molecular complexity index is 1260. The van der Waals surface area contributed by atoms with E-state index in [9.17, 15) is 18.4 Å². The molecule has 0 radical (unpaired) electrons. The lowest BCUT2D eigenvalue weighted by atomic mass is 10.1. The number of carbonyl (C=O) groups is 2. The first-order chi connectivity index (χ1) is 17.9. The van der Waals surface area contributed by atoms with Crippen LogP contribution in [0.25, 0.3) is 0 Å². The molecule has 1 aliphatic heterocycles. The molecule has 7 nitrogen and oxygen atoms in total. The molecule has 0 aliphatic carbocycles. The van der Waals surface area contributed by atoms with Gasteiger partial charge in [0.2, 0.25) is 11.8 Å². The molecule has 194 valence electrons. The van der Waals surface area contributed by atoms with Crippen LogP contribution in [0.3, 0.4) is 0 Å². The molecule has 3 N–H and O–H groups in total. The fourth-order valence-corrected chi connectivity index (χ4v) is 5.00. The van der Waals surface area contributed by atoms with Crippen molar-refractivity contribution >= 4 is 29.0 Å². The molecular formula is C27H28F2N4O3S. The lowest BCUT2D eigenvalue weighted by molar-refractivity contribution is -0.138. The van der Waals surface area contributed by atoms with Crippen molar-refractivity contribution in [2.45, 2.75) is 25.4 Å². The molecule has 0 spiro atoms. The topological polar surface area (TPSA) is 97.0 Å². The van der Waals surface area contributed by atoms with Crippen LogP contribution < -0.4 is 15.8 Å². The Balaban J connectivity index is 1.36. The highest BCUT2D eigenvalue weighted by Crippen LogP contribution is 2.26. The number of amidine groups is 1. The number of hydrogen-bond donors (Lipinski definition) is 2. The third-order valence-electron chi connectivity index (χ3n) is 6.18. The highest BCUT2D eigenvalue weighted by Gasteiger charge is 2.39. The van der Waals surface area contributed by atoms with Gasteiger partial charge in [-0.15, -0.1) is 11.3 Å². The zero-order valence-electron chi connectivity index (χ0n) is 20.3. The van der Waals surface area contributed by atoms with Gasteiger partial charge in [0.1, 0.15) is 29.2 Å². The molecule has 10 heteroatoms. The molecule has 1 saturated heterocycles. The van der Waals surface area contributed by atoms with Gasteiger partial charge in [0.15, 0.2) is 0 Å². The molecule has 2 unspecified atom stereocenters. The summed E-state index contributed by atoms with van der Waals surface area (Å²) in [5.74, 6) is 0.185. The van der Waals surface area contributed by atoms with Crippen LogP contribution in [0.4, 0.5) is 8.78 Å². The Hall–Kier alpha value is -3.79. The van der Waals surface area contributed by atoms with E-state index in [-0.39, 0.29) is 49.5 Å². The molecule has 0 bridgehead atoms. The van der Waals surface area contributed by atoms with Crippen LogP contribution >= 0.6 is 11.3 Å². The van der Waals surface area contributed by atoms with Gasteiger partial charge in [-0.05, 0) is 54.4 Å². The predicted molar refractivity (Wildman–Crippen MR) is 139 cm³/mol. The Labute approximate surface area is 218 Å². The quantitative estimate of drug-likeness (QED) is 0.325. The van der Waals surface area contributed by atoms with Crippen molar-refractivity contribution in [2.24, 2.45) is 16.6 Å². The Kier molecular flexibility index (Phi) is 8.50. The summed E-state index contributed by atoms with van der Waals surface area (Å²) in [6, 6.07) is 13.8. The normalized spacial score (nSPS) is 17.6. The number of carbonyl (C=O) groups excluding carboxylic acids is 2. The number of amides is 2. The molecular weight excluding hydrogens is 498 g/mol. The molecule has 0 saturated carbocycles. The maximum atomic E-state index is 13.5. The van der Waals surface area contributed by atoms with Gasteiger partial charge in [0, 0.05) is 35.3 Å². The van der Waals surface area contributed by atoms with E-state index in [0.717, 1.165) is 16.0 Å².